The Morgan fingerprint density at radius 1 is 1.43 bits per heavy atom. The van der Waals surface area contributed by atoms with Crippen LogP contribution in [0.2, 0.25) is 5.02 Å². The largest absolute Gasteiger partial charge is 0.489 e. The van der Waals surface area contributed by atoms with Crippen LogP contribution in [-0.4, -0.2) is 31.0 Å². The molecule has 1 aliphatic rings. The van der Waals surface area contributed by atoms with Crippen LogP contribution in [0.3, 0.4) is 0 Å². The molecule has 0 bridgehead atoms. The van der Waals surface area contributed by atoms with E-state index in [0.717, 1.165) is 19.3 Å². The fraction of sp³-hybridized carbons (Fsp3) is 0.529. The van der Waals surface area contributed by atoms with E-state index >= 15 is 0 Å². The van der Waals surface area contributed by atoms with E-state index in [1.54, 1.807) is 18.2 Å². The van der Waals surface area contributed by atoms with E-state index in [0.29, 0.717) is 29.4 Å². The van der Waals surface area contributed by atoms with Gasteiger partial charge in [0.1, 0.15) is 5.75 Å². The van der Waals surface area contributed by atoms with Crippen LogP contribution in [-0.2, 0) is 4.79 Å². The Balaban J connectivity index is 2.01. The molecular weight excluding hydrogens is 316 g/mol. The fourth-order valence-electron chi connectivity index (χ4n) is 2.54. The molecule has 1 aromatic rings. The molecule has 2 N–H and O–H groups in total. The van der Waals surface area contributed by atoms with Crippen LogP contribution in [0.25, 0.3) is 0 Å². The van der Waals surface area contributed by atoms with Crippen molar-refractivity contribution in [3.8, 4) is 5.75 Å². The first-order valence-corrected chi connectivity index (χ1v) is 8.38. The average molecular weight is 339 g/mol. The molecule has 0 spiro atoms. The Hall–Kier alpha value is -1.75. The van der Waals surface area contributed by atoms with Crippen LogP contribution < -0.4 is 15.4 Å². The number of carbonyl (C=O) groups is 2. The van der Waals surface area contributed by atoms with Crippen LogP contribution in [0.5, 0.6) is 5.75 Å². The molecule has 5 nitrogen and oxygen atoms in total. The Morgan fingerprint density at radius 2 is 2.22 bits per heavy atom. The second-order valence-corrected chi connectivity index (χ2v) is 6.36. The van der Waals surface area contributed by atoms with Crippen molar-refractivity contribution in [3.63, 3.8) is 0 Å². The quantitative estimate of drug-likeness (QED) is 0.867. The van der Waals surface area contributed by atoms with Crippen LogP contribution in [0.1, 0.15) is 43.5 Å². The lowest BCUT2D eigenvalue weighted by molar-refractivity contribution is -0.124. The molecule has 1 atom stereocenters. The molecule has 2 rings (SSSR count). The molecule has 0 aliphatic carbocycles. The minimum absolute atomic E-state index is 0.00536. The number of ether oxygens (including phenoxy) is 1. The van der Waals surface area contributed by atoms with Gasteiger partial charge in [-0.1, -0.05) is 24.1 Å². The third kappa shape index (κ3) is 4.86. The molecule has 1 aliphatic heterocycles. The van der Waals surface area contributed by atoms with Crippen molar-refractivity contribution in [1.29, 1.82) is 0 Å². The van der Waals surface area contributed by atoms with Crippen molar-refractivity contribution in [2.75, 3.05) is 13.1 Å². The number of benzene rings is 1. The lowest BCUT2D eigenvalue weighted by Gasteiger charge is -2.16. The molecule has 1 saturated heterocycles. The van der Waals surface area contributed by atoms with Crippen LogP contribution in [0.15, 0.2) is 18.2 Å². The van der Waals surface area contributed by atoms with Crippen molar-refractivity contribution in [2.45, 2.75) is 39.2 Å². The molecule has 0 saturated carbocycles. The molecule has 1 heterocycles. The lowest BCUT2D eigenvalue weighted by atomic mass is 10.0. The minimum atomic E-state index is -0.291. The van der Waals surface area contributed by atoms with E-state index in [1.165, 1.54) is 0 Å². The maximum absolute atomic E-state index is 12.4. The number of hydrogen-bond donors (Lipinski definition) is 2. The molecule has 2 amide bonds. The summed E-state index contributed by atoms with van der Waals surface area (Å²) >= 11 is 6.26. The SMILES string of the molecule is CC(C)Oc1cccc(C(=O)NCC2CCCCNC2=O)c1Cl. The summed E-state index contributed by atoms with van der Waals surface area (Å²) < 4.78 is 5.59. The van der Waals surface area contributed by atoms with Gasteiger partial charge in [0.25, 0.3) is 5.91 Å². The zero-order chi connectivity index (χ0) is 16.8. The molecule has 23 heavy (non-hydrogen) atoms. The first-order valence-electron chi connectivity index (χ1n) is 8.00. The Kier molecular flexibility index (Phi) is 6.28. The zero-order valence-electron chi connectivity index (χ0n) is 13.5. The molecular formula is C17H23ClN2O3. The van der Waals surface area contributed by atoms with E-state index in [-0.39, 0.29) is 23.8 Å². The van der Waals surface area contributed by atoms with Crippen molar-refractivity contribution in [3.05, 3.63) is 28.8 Å². The van der Waals surface area contributed by atoms with Gasteiger partial charge < -0.3 is 15.4 Å². The van der Waals surface area contributed by atoms with Crippen molar-refractivity contribution in [2.24, 2.45) is 5.92 Å². The summed E-state index contributed by atoms with van der Waals surface area (Å²) in [6, 6.07) is 5.12. The average Bonchev–Trinajstić information content (AvgIpc) is 2.71. The molecule has 126 valence electrons. The van der Waals surface area contributed by atoms with Gasteiger partial charge in [-0.25, -0.2) is 0 Å². The van der Waals surface area contributed by atoms with Gasteiger partial charge in [0.2, 0.25) is 5.91 Å². The van der Waals surface area contributed by atoms with Gasteiger partial charge in [0.15, 0.2) is 0 Å². The maximum atomic E-state index is 12.4. The normalized spacial score (nSPS) is 18.3. The van der Waals surface area contributed by atoms with Gasteiger partial charge in [0, 0.05) is 13.1 Å². The van der Waals surface area contributed by atoms with E-state index in [1.807, 2.05) is 13.8 Å². The third-order valence-electron chi connectivity index (χ3n) is 3.73. The van der Waals surface area contributed by atoms with Gasteiger partial charge in [0.05, 0.1) is 22.6 Å². The second-order valence-electron chi connectivity index (χ2n) is 5.98. The Labute approximate surface area is 141 Å². The molecule has 0 radical (unpaired) electrons. The van der Waals surface area contributed by atoms with Gasteiger partial charge >= 0.3 is 0 Å². The molecule has 6 heteroatoms. The van der Waals surface area contributed by atoms with Gasteiger partial charge in [-0.05, 0) is 38.8 Å². The van der Waals surface area contributed by atoms with Crippen LogP contribution in [0.4, 0.5) is 0 Å². The monoisotopic (exact) mass is 338 g/mol. The minimum Gasteiger partial charge on any atom is -0.489 e. The number of nitrogens with one attached hydrogen (secondary N) is 2. The summed E-state index contributed by atoms with van der Waals surface area (Å²) in [6.07, 6.45) is 2.73. The zero-order valence-corrected chi connectivity index (χ0v) is 14.3. The van der Waals surface area contributed by atoms with Crippen LogP contribution >= 0.6 is 11.6 Å². The van der Waals surface area contributed by atoms with Crippen molar-refractivity contribution < 1.29 is 14.3 Å². The smallest absolute Gasteiger partial charge is 0.252 e. The predicted octanol–water partition coefficient (Wildman–Crippen LogP) is 2.77. The van der Waals surface area contributed by atoms with Crippen molar-refractivity contribution in [1.82, 2.24) is 10.6 Å². The summed E-state index contributed by atoms with van der Waals surface area (Å²) in [5.74, 6) is 0.0175. The maximum Gasteiger partial charge on any atom is 0.252 e. The summed E-state index contributed by atoms with van der Waals surface area (Å²) in [6.45, 7) is 4.82. The summed E-state index contributed by atoms with van der Waals surface area (Å²) in [7, 11) is 0. The van der Waals surface area contributed by atoms with Gasteiger partial charge in [-0.15, -0.1) is 0 Å². The van der Waals surface area contributed by atoms with Gasteiger partial charge in [-0.2, -0.15) is 0 Å². The van der Waals surface area contributed by atoms with E-state index < -0.39 is 0 Å². The molecule has 1 fully saturated rings. The standard InChI is InChI=1S/C17H23ClN2O3/c1-11(2)23-14-8-5-7-13(15(14)18)17(22)20-10-12-6-3-4-9-19-16(12)21/h5,7-8,11-12H,3-4,6,9-10H2,1-2H3,(H,19,21)(H,20,22). The highest BCUT2D eigenvalue weighted by Crippen LogP contribution is 2.29. The first-order chi connectivity index (χ1) is 11.0. The van der Waals surface area contributed by atoms with E-state index in [2.05, 4.69) is 10.6 Å². The van der Waals surface area contributed by atoms with Gasteiger partial charge in [-0.3, -0.25) is 9.59 Å². The Morgan fingerprint density at radius 3 is 2.96 bits per heavy atom. The molecule has 0 aromatic heterocycles. The number of hydrogen-bond acceptors (Lipinski definition) is 3. The summed E-state index contributed by atoms with van der Waals surface area (Å²) in [5.41, 5.74) is 0.360. The predicted molar refractivity (Wildman–Crippen MR) is 89.9 cm³/mol. The van der Waals surface area contributed by atoms with Crippen molar-refractivity contribution >= 4 is 23.4 Å². The summed E-state index contributed by atoms with van der Waals surface area (Å²) in [5, 5.41) is 5.97. The lowest BCUT2D eigenvalue weighted by Crippen LogP contribution is -2.37. The number of amides is 2. The number of halogens is 1. The highest BCUT2D eigenvalue weighted by Gasteiger charge is 2.22. The topological polar surface area (TPSA) is 67.4 Å². The molecule has 1 unspecified atom stereocenters. The van der Waals surface area contributed by atoms with E-state index in [4.69, 9.17) is 16.3 Å². The highest BCUT2D eigenvalue weighted by molar-refractivity contribution is 6.35. The third-order valence-corrected chi connectivity index (χ3v) is 4.12. The molecule has 1 aromatic carbocycles. The number of rotatable bonds is 5. The Bertz CT molecular complexity index is 575. The highest BCUT2D eigenvalue weighted by atomic mass is 35.5. The summed E-state index contributed by atoms with van der Waals surface area (Å²) in [4.78, 5) is 24.3. The van der Waals surface area contributed by atoms with E-state index in [9.17, 15) is 9.59 Å². The fourth-order valence-corrected chi connectivity index (χ4v) is 2.80. The van der Waals surface area contributed by atoms with Crippen LogP contribution in [0, 0.1) is 5.92 Å². The number of carbonyl (C=O) groups excluding carboxylic acids is 2. The second kappa shape index (κ2) is 8.20. The first kappa shape index (κ1) is 17.6.